The van der Waals surface area contributed by atoms with E-state index < -0.39 is 23.1 Å². The first-order chi connectivity index (χ1) is 8.65. The lowest BCUT2D eigenvalue weighted by Gasteiger charge is -2.34. The summed E-state index contributed by atoms with van der Waals surface area (Å²) >= 11 is 3.35. The quantitative estimate of drug-likeness (QED) is 0.766. The molecular weight excluding hydrogens is 304 g/mol. The maximum Gasteiger partial charge on any atom is 0.260 e. The molecule has 0 spiro atoms. The molecule has 1 aliphatic heterocycles. The lowest BCUT2D eigenvalue weighted by atomic mass is 10.0. The molecule has 0 aliphatic carbocycles. The van der Waals surface area contributed by atoms with Gasteiger partial charge in [-0.25, -0.2) is 8.78 Å². The smallest absolute Gasteiger partial charge is 0.260 e. The first kappa shape index (κ1) is 13.5. The Balaban J connectivity index is 2.30. The largest absolute Gasteiger partial charge is 0.335 e. The zero-order valence-corrected chi connectivity index (χ0v) is 11.4. The minimum Gasteiger partial charge on any atom is -0.335 e. The lowest BCUT2D eigenvalue weighted by molar-refractivity contribution is 0.0632. The van der Waals surface area contributed by atoms with E-state index in [0.717, 1.165) is 31.4 Å². The van der Waals surface area contributed by atoms with Crippen LogP contribution < -0.4 is 0 Å². The second kappa shape index (κ2) is 5.78. The Bertz CT molecular complexity index is 432. The van der Waals surface area contributed by atoms with E-state index in [1.54, 1.807) is 4.90 Å². The second-order valence-electron chi connectivity index (χ2n) is 4.40. The number of rotatable bonds is 2. The van der Waals surface area contributed by atoms with Gasteiger partial charge in [-0.15, -0.1) is 0 Å². The third-order valence-electron chi connectivity index (χ3n) is 3.24. The van der Waals surface area contributed by atoms with Crippen molar-refractivity contribution >= 4 is 21.8 Å². The van der Waals surface area contributed by atoms with Crippen LogP contribution in [0.25, 0.3) is 0 Å². The summed E-state index contributed by atoms with van der Waals surface area (Å²) in [5.74, 6) is -2.13. The van der Waals surface area contributed by atoms with Crippen LogP contribution in [0.5, 0.6) is 0 Å². The Kier molecular flexibility index (Phi) is 4.32. The average molecular weight is 318 g/mol. The molecule has 0 bridgehead atoms. The molecule has 1 saturated heterocycles. The van der Waals surface area contributed by atoms with E-state index in [-0.39, 0.29) is 6.04 Å². The number of nitrogens with zero attached hydrogens (tertiary/aromatic N) is 1. The normalized spacial score (nSPS) is 19.9. The number of carbonyl (C=O) groups excluding carboxylic acids is 1. The Hall–Kier alpha value is -0.970. The fraction of sp³-hybridized carbons (Fsp3) is 0.462. The van der Waals surface area contributed by atoms with Crippen LogP contribution in [-0.4, -0.2) is 28.7 Å². The summed E-state index contributed by atoms with van der Waals surface area (Å²) in [5.41, 5.74) is -0.439. The molecule has 0 aromatic heterocycles. The maximum atomic E-state index is 13.6. The van der Waals surface area contributed by atoms with Gasteiger partial charge in [0, 0.05) is 17.9 Å². The lowest BCUT2D eigenvalue weighted by Crippen LogP contribution is -2.45. The monoisotopic (exact) mass is 317 g/mol. The summed E-state index contributed by atoms with van der Waals surface area (Å²) < 4.78 is 27.2. The minimum absolute atomic E-state index is 0.0188. The van der Waals surface area contributed by atoms with Crippen LogP contribution in [-0.2, 0) is 0 Å². The van der Waals surface area contributed by atoms with E-state index in [1.165, 1.54) is 6.07 Å². The zero-order valence-electron chi connectivity index (χ0n) is 9.83. The molecule has 1 heterocycles. The second-order valence-corrected chi connectivity index (χ2v) is 5.05. The molecule has 1 fully saturated rings. The minimum atomic E-state index is -0.793. The molecule has 1 aliphatic rings. The van der Waals surface area contributed by atoms with Gasteiger partial charge in [-0.2, -0.15) is 0 Å². The predicted octanol–water partition coefficient (Wildman–Crippen LogP) is 3.35. The molecule has 2 nitrogen and oxygen atoms in total. The van der Waals surface area contributed by atoms with E-state index in [2.05, 4.69) is 15.9 Å². The molecule has 18 heavy (non-hydrogen) atoms. The number of hydrogen-bond donors (Lipinski definition) is 0. The van der Waals surface area contributed by atoms with Crippen molar-refractivity contribution in [2.75, 3.05) is 11.9 Å². The highest BCUT2D eigenvalue weighted by Gasteiger charge is 2.29. The van der Waals surface area contributed by atoms with Gasteiger partial charge in [0.15, 0.2) is 0 Å². The van der Waals surface area contributed by atoms with Gasteiger partial charge < -0.3 is 4.90 Å². The van der Waals surface area contributed by atoms with E-state index in [0.29, 0.717) is 11.9 Å². The number of likely N-dealkylation sites (tertiary alicyclic amines) is 1. The van der Waals surface area contributed by atoms with E-state index in [4.69, 9.17) is 0 Å². The maximum absolute atomic E-state index is 13.6. The third kappa shape index (κ3) is 2.55. The molecule has 5 heteroatoms. The van der Waals surface area contributed by atoms with Gasteiger partial charge in [0.25, 0.3) is 5.91 Å². The van der Waals surface area contributed by atoms with Crippen molar-refractivity contribution in [1.82, 2.24) is 4.90 Å². The van der Waals surface area contributed by atoms with Gasteiger partial charge in [-0.1, -0.05) is 22.0 Å². The van der Waals surface area contributed by atoms with Crippen molar-refractivity contribution in [2.24, 2.45) is 0 Å². The van der Waals surface area contributed by atoms with Crippen LogP contribution in [0.4, 0.5) is 8.78 Å². The number of halogens is 3. The fourth-order valence-electron chi connectivity index (χ4n) is 2.27. The third-order valence-corrected chi connectivity index (χ3v) is 3.99. The predicted molar refractivity (Wildman–Crippen MR) is 68.8 cm³/mol. The first-order valence-electron chi connectivity index (χ1n) is 5.96. The number of carbonyl (C=O) groups is 1. The molecule has 1 amide bonds. The van der Waals surface area contributed by atoms with E-state index in [9.17, 15) is 13.6 Å². The van der Waals surface area contributed by atoms with Gasteiger partial charge >= 0.3 is 0 Å². The molecule has 1 aromatic carbocycles. The van der Waals surface area contributed by atoms with Gasteiger partial charge in [0.05, 0.1) is 0 Å². The summed E-state index contributed by atoms with van der Waals surface area (Å²) in [6.45, 7) is 0.558. The number of alkyl halides is 1. The molecule has 1 atom stereocenters. The van der Waals surface area contributed by atoms with Crippen LogP contribution in [0.1, 0.15) is 29.6 Å². The van der Waals surface area contributed by atoms with Crippen molar-refractivity contribution in [3.05, 3.63) is 35.4 Å². The summed E-state index contributed by atoms with van der Waals surface area (Å²) in [5, 5.41) is 0.634. The summed E-state index contributed by atoms with van der Waals surface area (Å²) in [7, 11) is 0. The molecule has 0 radical (unpaired) electrons. The highest BCUT2D eigenvalue weighted by molar-refractivity contribution is 9.09. The van der Waals surface area contributed by atoms with Crippen LogP contribution in [0.15, 0.2) is 18.2 Å². The number of benzene rings is 1. The van der Waals surface area contributed by atoms with Crippen molar-refractivity contribution in [1.29, 1.82) is 0 Å². The van der Waals surface area contributed by atoms with Crippen LogP contribution in [0.3, 0.4) is 0 Å². The average Bonchev–Trinajstić information content (AvgIpc) is 2.38. The van der Waals surface area contributed by atoms with Gasteiger partial charge in [-0.3, -0.25) is 4.79 Å². The van der Waals surface area contributed by atoms with Gasteiger partial charge in [-0.05, 0) is 31.4 Å². The first-order valence-corrected chi connectivity index (χ1v) is 7.08. The number of amides is 1. The molecule has 2 rings (SSSR count). The Labute approximate surface area is 113 Å². The highest BCUT2D eigenvalue weighted by atomic mass is 79.9. The van der Waals surface area contributed by atoms with Crippen LogP contribution in [0, 0.1) is 11.6 Å². The topological polar surface area (TPSA) is 20.3 Å². The fourth-order valence-corrected chi connectivity index (χ4v) is 2.95. The molecular formula is C13H14BrF2NO. The molecule has 0 N–H and O–H groups in total. The highest BCUT2D eigenvalue weighted by Crippen LogP contribution is 2.23. The zero-order chi connectivity index (χ0) is 13.1. The van der Waals surface area contributed by atoms with Crippen molar-refractivity contribution < 1.29 is 13.6 Å². The summed E-state index contributed by atoms with van der Waals surface area (Å²) in [6, 6.07) is 3.51. The Morgan fingerprint density at radius 1 is 1.33 bits per heavy atom. The molecule has 0 saturated carbocycles. The van der Waals surface area contributed by atoms with E-state index >= 15 is 0 Å². The van der Waals surface area contributed by atoms with Crippen LogP contribution in [0.2, 0.25) is 0 Å². The summed E-state index contributed by atoms with van der Waals surface area (Å²) in [4.78, 5) is 13.8. The van der Waals surface area contributed by atoms with E-state index in [1.807, 2.05) is 0 Å². The summed E-state index contributed by atoms with van der Waals surface area (Å²) in [6.07, 6.45) is 2.79. The van der Waals surface area contributed by atoms with Crippen molar-refractivity contribution in [3.8, 4) is 0 Å². The number of piperidine rings is 1. The number of hydrogen-bond acceptors (Lipinski definition) is 1. The van der Waals surface area contributed by atoms with Crippen molar-refractivity contribution in [3.63, 3.8) is 0 Å². The molecule has 1 aromatic rings. The molecule has 1 unspecified atom stereocenters. The standard InChI is InChI=1S/C13H14BrF2NO/c14-8-9-4-1-2-7-17(9)13(18)12-10(15)5-3-6-11(12)16/h3,5-6,9H,1-2,4,7-8H2. The Morgan fingerprint density at radius 2 is 2.00 bits per heavy atom. The van der Waals surface area contributed by atoms with Crippen molar-refractivity contribution in [2.45, 2.75) is 25.3 Å². The molecule has 98 valence electrons. The van der Waals surface area contributed by atoms with Gasteiger partial charge in [0.1, 0.15) is 17.2 Å². The van der Waals surface area contributed by atoms with Crippen LogP contribution >= 0.6 is 15.9 Å². The Morgan fingerprint density at radius 3 is 2.61 bits per heavy atom. The van der Waals surface area contributed by atoms with Gasteiger partial charge in [0.2, 0.25) is 0 Å². The SMILES string of the molecule is O=C(c1c(F)cccc1F)N1CCCCC1CBr.